The Morgan fingerprint density at radius 2 is 2.17 bits per heavy atom. The van der Waals surface area contributed by atoms with E-state index < -0.39 is 0 Å². The predicted molar refractivity (Wildman–Crippen MR) is 82.3 cm³/mol. The summed E-state index contributed by atoms with van der Waals surface area (Å²) in [5.41, 5.74) is 1.33. The van der Waals surface area contributed by atoms with Gasteiger partial charge >= 0.3 is 0 Å². The third-order valence-corrected chi connectivity index (χ3v) is 4.66. The highest BCUT2D eigenvalue weighted by Crippen LogP contribution is 2.34. The Hall–Kier alpha value is -2.30. The van der Waals surface area contributed by atoms with Crippen LogP contribution in [0.5, 0.6) is 0 Å². The summed E-state index contributed by atoms with van der Waals surface area (Å²) in [5, 5.41) is 0. The molecular weight excluding hydrogens is 294 g/mol. The summed E-state index contributed by atoms with van der Waals surface area (Å²) in [4.78, 5) is 26.9. The first-order valence-electron chi connectivity index (χ1n) is 8.14. The zero-order valence-corrected chi connectivity index (χ0v) is 13.1. The second kappa shape index (κ2) is 5.41. The molecule has 0 spiro atoms. The maximum Gasteiger partial charge on any atom is 0.290 e. The van der Waals surface area contributed by atoms with Crippen LogP contribution in [0.3, 0.4) is 0 Å². The van der Waals surface area contributed by atoms with Gasteiger partial charge < -0.3 is 13.7 Å². The normalized spacial score (nSPS) is 17.2. The molecule has 120 valence electrons. The number of carbonyl (C=O) groups excluding carboxylic acids is 2. The van der Waals surface area contributed by atoms with Crippen LogP contribution >= 0.6 is 0 Å². The molecule has 2 aromatic heterocycles. The van der Waals surface area contributed by atoms with Gasteiger partial charge in [0.15, 0.2) is 11.5 Å². The molecule has 2 heterocycles. The minimum atomic E-state index is -0.136. The molecule has 0 aliphatic heterocycles. The molecule has 0 saturated heterocycles. The third kappa shape index (κ3) is 2.50. The number of carbonyl (C=O) groups is 2. The molecule has 0 unspecified atom stereocenters. The summed E-state index contributed by atoms with van der Waals surface area (Å²) in [6.07, 6.45) is 5.69. The number of amides is 1. The number of aryl methyl sites for hydroxylation is 1. The number of fused-ring (bicyclic) bond motifs is 1. The van der Waals surface area contributed by atoms with Crippen molar-refractivity contribution in [3.8, 4) is 0 Å². The van der Waals surface area contributed by atoms with Gasteiger partial charge in [0.1, 0.15) is 11.5 Å². The second-order valence-corrected chi connectivity index (χ2v) is 6.37. The third-order valence-electron chi connectivity index (χ3n) is 4.66. The lowest BCUT2D eigenvalue weighted by molar-refractivity contribution is 0.0681. The van der Waals surface area contributed by atoms with E-state index in [1.807, 2.05) is 19.1 Å². The highest BCUT2D eigenvalue weighted by Gasteiger charge is 2.37. The van der Waals surface area contributed by atoms with Crippen molar-refractivity contribution in [3.05, 3.63) is 46.8 Å². The van der Waals surface area contributed by atoms with Gasteiger partial charge in [-0.15, -0.1) is 0 Å². The van der Waals surface area contributed by atoms with Gasteiger partial charge in [0.2, 0.25) is 0 Å². The van der Waals surface area contributed by atoms with Crippen molar-refractivity contribution in [3.63, 3.8) is 0 Å². The van der Waals surface area contributed by atoms with Crippen molar-refractivity contribution in [1.82, 2.24) is 4.90 Å². The van der Waals surface area contributed by atoms with Crippen molar-refractivity contribution in [2.75, 3.05) is 0 Å². The zero-order valence-electron chi connectivity index (χ0n) is 13.1. The van der Waals surface area contributed by atoms with Gasteiger partial charge in [0.25, 0.3) is 5.91 Å². The lowest BCUT2D eigenvalue weighted by Gasteiger charge is -2.20. The fraction of sp³-hybridized carbons (Fsp3) is 0.444. The molecule has 1 saturated carbocycles. The van der Waals surface area contributed by atoms with E-state index in [-0.39, 0.29) is 17.7 Å². The molecule has 0 aromatic carbocycles. The van der Waals surface area contributed by atoms with Gasteiger partial charge in [-0.05, 0) is 38.3 Å². The van der Waals surface area contributed by atoms with Gasteiger partial charge in [-0.1, -0.05) is 0 Å². The summed E-state index contributed by atoms with van der Waals surface area (Å²) in [6, 6.07) is 3.93. The van der Waals surface area contributed by atoms with Crippen LogP contribution < -0.4 is 0 Å². The monoisotopic (exact) mass is 313 g/mol. The highest BCUT2D eigenvalue weighted by atomic mass is 16.4. The minimum absolute atomic E-state index is 0.0931. The van der Waals surface area contributed by atoms with Crippen LogP contribution in [0.25, 0.3) is 0 Å². The molecule has 2 aliphatic rings. The molecule has 5 nitrogen and oxygen atoms in total. The van der Waals surface area contributed by atoms with E-state index in [1.165, 1.54) is 0 Å². The lowest BCUT2D eigenvalue weighted by Crippen LogP contribution is -2.32. The quantitative estimate of drug-likeness (QED) is 0.866. The van der Waals surface area contributed by atoms with Gasteiger partial charge in [-0.2, -0.15) is 0 Å². The number of ketones is 1. The molecule has 4 rings (SSSR count). The summed E-state index contributed by atoms with van der Waals surface area (Å²) < 4.78 is 11.2. The molecule has 2 aliphatic carbocycles. The van der Waals surface area contributed by atoms with Crippen molar-refractivity contribution in [2.24, 2.45) is 0 Å². The van der Waals surface area contributed by atoms with E-state index in [2.05, 4.69) is 0 Å². The van der Waals surface area contributed by atoms with Crippen LogP contribution in [0.4, 0.5) is 0 Å². The zero-order chi connectivity index (χ0) is 16.0. The van der Waals surface area contributed by atoms with E-state index in [0.717, 1.165) is 31.4 Å². The second-order valence-electron chi connectivity index (χ2n) is 6.37. The molecule has 5 heteroatoms. The maximum absolute atomic E-state index is 13.0. The summed E-state index contributed by atoms with van der Waals surface area (Å²) >= 11 is 0. The Morgan fingerprint density at radius 1 is 1.35 bits per heavy atom. The van der Waals surface area contributed by atoms with Gasteiger partial charge in [0.05, 0.1) is 18.4 Å². The standard InChI is InChI=1S/C18H19NO4/c1-11-16-14(20)5-2-6-15(16)23-17(11)18(21)19(12-7-8-12)10-13-4-3-9-22-13/h3-4,9,12H,2,5-8,10H2,1H3. The molecule has 0 N–H and O–H groups in total. The van der Waals surface area contributed by atoms with Crippen molar-refractivity contribution in [2.45, 2.75) is 51.6 Å². The Bertz CT molecular complexity index is 752. The number of hydrogen-bond donors (Lipinski definition) is 0. The maximum atomic E-state index is 13.0. The highest BCUT2D eigenvalue weighted by molar-refractivity contribution is 6.03. The lowest BCUT2D eigenvalue weighted by atomic mass is 9.94. The van der Waals surface area contributed by atoms with E-state index in [0.29, 0.717) is 35.6 Å². The van der Waals surface area contributed by atoms with E-state index in [1.54, 1.807) is 11.2 Å². The topological polar surface area (TPSA) is 63.7 Å². The van der Waals surface area contributed by atoms with Crippen molar-refractivity contribution >= 4 is 11.7 Å². The predicted octanol–water partition coefficient (Wildman–Crippen LogP) is 3.50. The molecule has 0 atom stereocenters. The summed E-state index contributed by atoms with van der Waals surface area (Å²) in [7, 11) is 0. The van der Waals surface area contributed by atoms with Crippen LogP contribution in [0.1, 0.15) is 63.7 Å². The average Bonchev–Trinajstić information content (AvgIpc) is 3.13. The number of hydrogen-bond acceptors (Lipinski definition) is 4. The van der Waals surface area contributed by atoms with Gasteiger partial charge in [-0.25, -0.2) is 0 Å². The molecule has 1 amide bonds. The Morgan fingerprint density at radius 3 is 2.83 bits per heavy atom. The number of furan rings is 2. The van der Waals surface area contributed by atoms with Crippen LogP contribution in [0.15, 0.2) is 27.2 Å². The fourth-order valence-corrected chi connectivity index (χ4v) is 3.31. The van der Waals surface area contributed by atoms with Crippen LogP contribution in [0, 0.1) is 6.92 Å². The molecule has 1 fully saturated rings. The fourth-order valence-electron chi connectivity index (χ4n) is 3.31. The van der Waals surface area contributed by atoms with E-state index >= 15 is 0 Å². The Labute approximate surface area is 134 Å². The van der Waals surface area contributed by atoms with E-state index in [4.69, 9.17) is 8.83 Å². The Kier molecular flexibility index (Phi) is 3.36. The number of Topliss-reactive ketones (excluding diaryl/α,β-unsaturated/α-hetero) is 1. The first kappa shape index (κ1) is 14.3. The summed E-state index contributed by atoms with van der Waals surface area (Å²) in [6.45, 7) is 2.26. The minimum Gasteiger partial charge on any atom is -0.467 e. The summed E-state index contributed by atoms with van der Waals surface area (Å²) in [5.74, 6) is 1.72. The largest absolute Gasteiger partial charge is 0.467 e. The van der Waals surface area contributed by atoms with Gasteiger partial charge in [0, 0.05) is 24.4 Å². The first-order chi connectivity index (χ1) is 11.1. The van der Waals surface area contributed by atoms with Crippen LogP contribution in [-0.2, 0) is 13.0 Å². The number of nitrogens with zero attached hydrogens (tertiary/aromatic N) is 1. The van der Waals surface area contributed by atoms with E-state index in [9.17, 15) is 9.59 Å². The first-order valence-corrected chi connectivity index (χ1v) is 8.14. The molecule has 2 aromatic rings. The van der Waals surface area contributed by atoms with Gasteiger partial charge in [-0.3, -0.25) is 9.59 Å². The SMILES string of the molecule is Cc1c(C(=O)N(Cc2ccco2)C2CC2)oc2c1C(=O)CCC2. The molecule has 0 radical (unpaired) electrons. The molecular formula is C18H19NO4. The smallest absolute Gasteiger partial charge is 0.290 e. The number of rotatable bonds is 4. The van der Waals surface area contributed by atoms with Crippen molar-refractivity contribution in [1.29, 1.82) is 0 Å². The molecule has 23 heavy (non-hydrogen) atoms. The van der Waals surface area contributed by atoms with Crippen LogP contribution in [-0.4, -0.2) is 22.6 Å². The molecule has 0 bridgehead atoms. The van der Waals surface area contributed by atoms with Crippen molar-refractivity contribution < 1.29 is 18.4 Å². The Balaban J connectivity index is 1.66. The van der Waals surface area contributed by atoms with Crippen LogP contribution in [0.2, 0.25) is 0 Å². The average molecular weight is 313 g/mol.